The fourth-order valence-corrected chi connectivity index (χ4v) is 2.83. The first-order valence-electron chi connectivity index (χ1n) is 7.23. The Balaban J connectivity index is 1.62. The highest BCUT2D eigenvalue weighted by atomic mass is 19.4. The van der Waals surface area contributed by atoms with E-state index < -0.39 is 30.5 Å². The van der Waals surface area contributed by atoms with Crippen molar-refractivity contribution in [1.82, 2.24) is 4.90 Å². The van der Waals surface area contributed by atoms with Gasteiger partial charge in [0.2, 0.25) is 11.8 Å². The number of halogens is 3. The van der Waals surface area contributed by atoms with Crippen molar-refractivity contribution in [2.24, 2.45) is 5.92 Å². The van der Waals surface area contributed by atoms with Crippen molar-refractivity contribution in [3.63, 3.8) is 0 Å². The van der Waals surface area contributed by atoms with Crippen molar-refractivity contribution < 1.29 is 27.5 Å². The van der Waals surface area contributed by atoms with Crippen LogP contribution >= 0.6 is 0 Å². The van der Waals surface area contributed by atoms with Crippen LogP contribution in [0, 0.1) is 5.92 Å². The molecule has 5 nitrogen and oxygen atoms in total. The summed E-state index contributed by atoms with van der Waals surface area (Å²) in [4.78, 5) is 24.5. The maximum absolute atomic E-state index is 12.4. The summed E-state index contributed by atoms with van der Waals surface area (Å²) in [5, 5.41) is 2.66. The highest BCUT2D eigenvalue weighted by Gasteiger charge is 2.40. The SMILES string of the molecule is O=C(Nc1ccc2c(c1)CCO2)C1CC(=O)N(CC(F)(F)F)C1. The van der Waals surface area contributed by atoms with Crippen molar-refractivity contribution in [3.05, 3.63) is 23.8 Å². The molecule has 1 atom stereocenters. The van der Waals surface area contributed by atoms with Crippen molar-refractivity contribution in [2.45, 2.75) is 19.0 Å². The number of nitrogens with one attached hydrogen (secondary N) is 1. The standard InChI is InChI=1S/C15H15F3N2O3/c16-15(17,18)8-20-7-10(6-13(20)21)14(22)19-11-1-2-12-9(5-11)3-4-23-12/h1-2,5,10H,3-4,6-8H2,(H,19,22). The van der Waals surface area contributed by atoms with E-state index >= 15 is 0 Å². The van der Waals surface area contributed by atoms with Crippen LogP contribution in [0.2, 0.25) is 0 Å². The number of ether oxygens (including phenoxy) is 1. The van der Waals surface area contributed by atoms with Crippen LogP contribution in [-0.2, 0) is 16.0 Å². The summed E-state index contributed by atoms with van der Waals surface area (Å²) in [6.07, 6.45) is -3.91. The van der Waals surface area contributed by atoms with E-state index in [0.717, 1.165) is 17.7 Å². The van der Waals surface area contributed by atoms with Gasteiger partial charge in [0.15, 0.2) is 0 Å². The molecule has 0 aliphatic carbocycles. The fourth-order valence-electron chi connectivity index (χ4n) is 2.83. The summed E-state index contributed by atoms with van der Waals surface area (Å²) >= 11 is 0. The molecule has 2 amide bonds. The van der Waals surface area contributed by atoms with Gasteiger partial charge >= 0.3 is 6.18 Å². The molecule has 0 saturated carbocycles. The highest BCUT2D eigenvalue weighted by Crippen LogP contribution is 2.29. The molecule has 0 spiro atoms. The Hall–Kier alpha value is -2.25. The Morgan fingerprint density at radius 1 is 1.39 bits per heavy atom. The number of hydrogen-bond acceptors (Lipinski definition) is 3. The predicted molar refractivity (Wildman–Crippen MR) is 75.0 cm³/mol. The summed E-state index contributed by atoms with van der Waals surface area (Å²) in [5.41, 5.74) is 1.53. The van der Waals surface area contributed by atoms with Gasteiger partial charge < -0.3 is 15.0 Å². The fraction of sp³-hybridized carbons (Fsp3) is 0.467. The number of fused-ring (bicyclic) bond motifs is 1. The molecule has 0 bridgehead atoms. The lowest BCUT2D eigenvalue weighted by molar-refractivity contribution is -0.157. The third-order valence-corrected chi connectivity index (χ3v) is 3.91. The average Bonchev–Trinajstić information content (AvgIpc) is 3.04. The van der Waals surface area contributed by atoms with E-state index in [0.29, 0.717) is 17.2 Å². The molecule has 3 rings (SSSR count). The molecule has 2 aliphatic rings. The number of amides is 2. The Labute approximate surface area is 130 Å². The summed E-state index contributed by atoms with van der Waals surface area (Å²) in [7, 11) is 0. The first-order chi connectivity index (χ1) is 10.8. The molecular formula is C15H15F3N2O3. The molecule has 2 heterocycles. The minimum absolute atomic E-state index is 0.198. The van der Waals surface area contributed by atoms with Gasteiger partial charge in [0.05, 0.1) is 12.5 Å². The van der Waals surface area contributed by atoms with Crippen LogP contribution in [0.5, 0.6) is 5.75 Å². The van der Waals surface area contributed by atoms with E-state index in [4.69, 9.17) is 4.74 Å². The van der Waals surface area contributed by atoms with Crippen LogP contribution in [0.4, 0.5) is 18.9 Å². The van der Waals surface area contributed by atoms with E-state index in [9.17, 15) is 22.8 Å². The van der Waals surface area contributed by atoms with Gasteiger partial charge in [0.1, 0.15) is 12.3 Å². The van der Waals surface area contributed by atoms with Gasteiger partial charge in [-0.15, -0.1) is 0 Å². The van der Waals surface area contributed by atoms with Crippen LogP contribution in [0.1, 0.15) is 12.0 Å². The van der Waals surface area contributed by atoms with Crippen LogP contribution in [0.25, 0.3) is 0 Å². The van der Waals surface area contributed by atoms with Crippen molar-refractivity contribution in [3.8, 4) is 5.75 Å². The molecule has 0 radical (unpaired) electrons. The molecule has 1 unspecified atom stereocenters. The van der Waals surface area contributed by atoms with Gasteiger partial charge in [-0.2, -0.15) is 13.2 Å². The molecule has 2 aliphatic heterocycles. The number of anilines is 1. The molecule has 8 heteroatoms. The second-order valence-electron chi connectivity index (χ2n) is 5.70. The van der Waals surface area contributed by atoms with Gasteiger partial charge in [0, 0.05) is 25.1 Å². The zero-order chi connectivity index (χ0) is 16.6. The second kappa shape index (κ2) is 5.75. The summed E-state index contributed by atoms with van der Waals surface area (Å²) < 4.78 is 42.5. The molecule has 23 heavy (non-hydrogen) atoms. The first-order valence-corrected chi connectivity index (χ1v) is 7.23. The van der Waals surface area contributed by atoms with Crippen molar-refractivity contribution in [2.75, 3.05) is 25.0 Å². The molecule has 124 valence electrons. The number of carbonyl (C=O) groups excluding carboxylic acids is 2. The zero-order valence-corrected chi connectivity index (χ0v) is 12.2. The lowest BCUT2D eigenvalue weighted by Crippen LogP contribution is -2.36. The maximum atomic E-state index is 12.4. The van der Waals surface area contributed by atoms with Gasteiger partial charge in [-0.05, 0) is 23.8 Å². The van der Waals surface area contributed by atoms with Crippen LogP contribution < -0.4 is 10.1 Å². The van der Waals surface area contributed by atoms with E-state index in [2.05, 4.69) is 5.32 Å². The van der Waals surface area contributed by atoms with Gasteiger partial charge in [-0.1, -0.05) is 0 Å². The van der Waals surface area contributed by atoms with Gasteiger partial charge in [-0.3, -0.25) is 9.59 Å². The summed E-state index contributed by atoms with van der Waals surface area (Å²) in [6, 6.07) is 5.20. The van der Waals surface area contributed by atoms with Crippen LogP contribution in [-0.4, -0.2) is 42.6 Å². The minimum atomic E-state index is -4.46. The van der Waals surface area contributed by atoms with Crippen LogP contribution in [0.3, 0.4) is 0 Å². The number of hydrogen-bond donors (Lipinski definition) is 1. The van der Waals surface area contributed by atoms with Gasteiger partial charge in [0.25, 0.3) is 0 Å². The summed E-state index contributed by atoms with van der Waals surface area (Å²) in [5.74, 6) is -1.09. The van der Waals surface area contributed by atoms with Gasteiger partial charge in [-0.25, -0.2) is 0 Å². The third-order valence-electron chi connectivity index (χ3n) is 3.91. The first kappa shape index (κ1) is 15.6. The minimum Gasteiger partial charge on any atom is -0.493 e. The maximum Gasteiger partial charge on any atom is 0.406 e. The molecule has 1 N–H and O–H groups in total. The van der Waals surface area contributed by atoms with Crippen molar-refractivity contribution >= 4 is 17.5 Å². The Morgan fingerprint density at radius 2 is 2.17 bits per heavy atom. The Kier molecular flexibility index (Phi) is 3.91. The largest absolute Gasteiger partial charge is 0.493 e. The zero-order valence-electron chi connectivity index (χ0n) is 12.2. The molecule has 1 saturated heterocycles. The molecular weight excluding hydrogens is 313 g/mol. The van der Waals surface area contributed by atoms with E-state index in [1.807, 2.05) is 0 Å². The molecule has 1 aromatic carbocycles. The molecule has 1 aromatic rings. The Bertz CT molecular complexity index is 645. The smallest absolute Gasteiger partial charge is 0.406 e. The number of likely N-dealkylation sites (tertiary alicyclic amines) is 1. The third kappa shape index (κ3) is 3.57. The number of rotatable bonds is 3. The predicted octanol–water partition coefficient (Wildman–Crippen LogP) is 1.97. The topological polar surface area (TPSA) is 58.6 Å². The van der Waals surface area contributed by atoms with Crippen molar-refractivity contribution in [1.29, 1.82) is 0 Å². The van der Waals surface area contributed by atoms with Crippen LogP contribution in [0.15, 0.2) is 18.2 Å². The second-order valence-corrected chi connectivity index (χ2v) is 5.70. The summed E-state index contributed by atoms with van der Waals surface area (Å²) in [6.45, 7) is -0.930. The number of nitrogens with zero attached hydrogens (tertiary/aromatic N) is 1. The number of benzene rings is 1. The molecule has 1 fully saturated rings. The lowest BCUT2D eigenvalue weighted by Gasteiger charge is -2.18. The normalized spacial score (nSPS) is 20.4. The van der Waals surface area contributed by atoms with E-state index in [1.54, 1.807) is 18.2 Å². The Morgan fingerprint density at radius 3 is 2.91 bits per heavy atom. The highest BCUT2D eigenvalue weighted by molar-refractivity contribution is 5.97. The number of alkyl halides is 3. The monoisotopic (exact) mass is 328 g/mol. The number of carbonyl (C=O) groups is 2. The van der Waals surface area contributed by atoms with E-state index in [1.165, 1.54) is 0 Å². The average molecular weight is 328 g/mol. The molecule has 0 aromatic heterocycles. The van der Waals surface area contributed by atoms with E-state index in [-0.39, 0.29) is 13.0 Å². The quantitative estimate of drug-likeness (QED) is 0.923. The lowest BCUT2D eigenvalue weighted by atomic mass is 10.1.